The van der Waals surface area contributed by atoms with Crippen LogP contribution in [-0.2, 0) is 7.05 Å². The number of rotatable bonds is 4. The molecule has 2 aromatic heterocycles. The van der Waals surface area contributed by atoms with Crippen molar-refractivity contribution >= 4 is 39.0 Å². The van der Waals surface area contributed by atoms with Gasteiger partial charge in [-0.3, -0.25) is 4.68 Å². The average Bonchev–Trinajstić information content (AvgIpc) is 3.34. The standard InChI is InChI=1S/C21H21F2N7/c1-24-13-3-4-30(10-13)15-7-16(22)19-18(8-15)25-11-26-21(19)27-14-5-12-9-29(2)28-20(12)17(23)6-14/h5-9,11,13,24H,3-4,10H2,1-2H3,(H,25,26,27). The highest BCUT2D eigenvalue weighted by Crippen LogP contribution is 2.32. The summed E-state index contributed by atoms with van der Waals surface area (Å²) in [6, 6.07) is 6.86. The summed E-state index contributed by atoms with van der Waals surface area (Å²) in [5.41, 5.74) is 2.05. The number of aryl methyl sites for hydroxylation is 1. The van der Waals surface area contributed by atoms with Crippen LogP contribution >= 0.6 is 0 Å². The van der Waals surface area contributed by atoms with Crippen molar-refractivity contribution < 1.29 is 8.78 Å². The Balaban J connectivity index is 1.52. The highest BCUT2D eigenvalue weighted by Gasteiger charge is 2.23. The van der Waals surface area contributed by atoms with Crippen molar-refractivity contribution in [3.8, 4) is 0 Å². The monoisotopic (exact) mass is 409 g/mol. The van der Waals surface area contributed by atoms with E-state index in [1.54, 1.807) is 24.0 Å². The lowest BCUT2D eigenvalue weighted by Gasteiger charge is -2.19. The van der Waals surface area contributed by atoms with Crippen molar-refractivity contribution in [1.29, 1.82) is 0 Å². The van der Waals surface area contributed by atoms with Crippen molar-refractivity contribution in [2.75, 3.05) is 30.4 Å². The van der Waals surface area contributed by atoms with E-state index in [4.69, 9.17) is 0 Å². The molecule has 7 nitrogen and oxygen atoms in total. The zero-order chi connectivity index (χ0) is 20.8. The molecule has 5 rings (SSSR count). The lowest BCUT2D eigenvalue weighted by Crippen LogP contribution is -2.29. The van der Waals surface area contributed by atoms with Gasteiger partial charge in [0.05, 0.1) is 10.9 Å². The van der Waals surface area contributed by atoms with Gasteiger partial charge < -0.3 is 15.5 Å². The van der Waals surface area contributed by atoms with Gasteiger partial charge >= 0.3 is 0 Å². The minimum atomic E-state index is -0.454. The van der Waals surface area contributed by atoms with Crippen LogP contribution in [0.25, 0.3) is 21.8 Å². The van der Waals surface area contributed by atoms with E-state index in [0.717, 1.165) is 25.2 Å². The SMILES string of the molecule is CNC1CCN(c2cc(F)c3c(Nc4cc(F)c5nn(C)cc5c4)ncnc3c2)C1. The smallest absolute Gasteiger partial charge is 0.153 e. The summed E-state index contributed by atoms with van der Waals surface area (Å²) in [5.74, 6) is -0.576. The third-order valence-electron chi connectivity index (χ3n) is 5.58. The number of aromatic nitrogens is 4. The quantitative estimate of drug-likeness (QED) is 0.539. The van der Waals surface area contributed by atoms with Gasteiger partial charge in [-0.1, -0.05) is 0 Å². The molecule has 30 heavy (non-hydrogen) atoms. The van der Waals surface area contributed by atoms with E-state index in [1.165, 1.54) is 18.5 Å². The molecule has 0 aliphatic carbocycles. The molecule has 0 bridgehead atoms. The summed E-state index contributed by atoms with van der Waals surface area (Å²) >= 11 is 0. The van der Waals surface area contributed by atoms with Crippen molar-refractivity contribution in [1.82, 2.24) is 25.1 Å². The zero-order valence-corrected chi connectivity index (χ0v) is 16.7. The molecule has 1 fully saturated rings. The van der Waals surface area contributed by atoms with Crippen LogP contribution in [0.2, 0.25) is 0 Å². The maximum Gasteiger partial charge on any atom is 0.153 e. The number of hydrogen-bond donors (Lipinski definition) is 2. The van der Waals surface area contributed by atoms with Crippen molar-refractivity contribution in [3.05, 3.63) is 48.4 Å². The van der Waals surface area contributed by atoms with Gasteiger partial charge in [0, 0.05) is 49.1 Å². The Morgan fingerprint density at radius 2 is 1.97 bits per heavy atom. The number of benzene rings is 2. The molecule has 0 amide bonds. The molecule has 0 radical (unpaired) electrons. The summed E-state index contributed by atoms with van der Waals surface area (Å²) < 4.78 is 31.1. The molecule has 2 aromatic carbocycles. The Kier molecular flexibility index (Phi) is 4.47. The summed E-state index contributed by atoms with van der Waals surface area (Å²) in [4.78, 5) is 10.6. The first-order chi connectivity index (χ1) is 14.5. The van der Waals surface area contributed by atoms with Gasteiger partial charge in [-0.15, -0.1) is 0 Å². The molecule has 154 valence electrons. The normalized spacial score (nSPS) is 16.7. The highest BCUT2D eigenvalue weighted by molar-refractivity contribution is 5.94. The first kappa shape index (κ1) is 18.7. The van der Waals surface area contributed by atoms with Gasteiger partial charge in [0.25, 0.3) is 0 Å². The van der Waals surface area contributed by atoms with Crippen molar-refractivity contribution in [2.24, 2.45) is 7.05 Å². The lowest BCUT2D eigenvalue weighted by atomic mass is 10.1. The molecular formula is C21H21F2N7. The first-order valence-electron chi connectivity index (χ1n) is 9.78. The van der Waals surface area contributed by atoms with Gasteiger partial charge in [0.2, 0.25) is 0 Å². The van der Waals surface area contributed by atoms with E-state index >= 15 is 4.39 Å². The van der Waals surface area contributed by atoms with E-state index in [2.05, 4.69) is 30.6 Å². The van der Waals surface area contributed by atoms with Gasteiger partial charge in [-0.25, -0.2) is 18.7 Å². The molecule has 2 N–H and O–H groups in total. The summed E-state index contributed by atoms with van der Waals surface area (Å²) in [6.07, 6.45) is 4.12. The van der Waals surface area contributed by atoms with Crippen LogP contribution in [0, 0.1) is 11.6 Å². The Labute approximate surface area is 171 Å². The molecule has 1 aliphatic rings. The third-order valence-corrected chi connectivity index (χ3v) is 5.58. The number of fused-ring (bicyclic) bond motifs is 2. The summed E-state index contributed by atoms with van der Waals surface area (Å²) in [5, 5.41) is 11.3. The number of nitrogens with zero attached hydrogens (tertiary/aromatic N) is 5. The third kappa shape index (κ3) is 3.21. The fraction of sp³-hybridized carbons (Fsp3) is 0.286. The minimum Gasteiger partial charge on any atom is -0.370 e. The van der Waals surface area contributed by atoms with Gasteiger partial charge in [-0.2, -0.15) is 5.10 Å². The number of likely N-dealkylation sites (N-methyl/N-ethyl adjacent to an activating group) is 1. The van der Waals surface area contributed by atoms with Gasteiger partial charge in [0.1, 0.15) is 23.5 Å². The van der Waals surface area contributed by atoms with E-state index in [-0.39, 0.29) is 10.9 Å². The Bertz CT molecular complexity index is 1250. The van der Waals surface area contributed by atoms with E-state index in [0.29, 0.717) is 28.5 Å². The Hall–Kier alpha value is -3.33. The second-order valence-electron chi connectivity index (χ2n) is 7.59. The summed E-state index contributed by atoms with van der Waals surface area (Å²) in [7, 11) is 3.67. The van der Waals surface area contributed by atoms with Gasteiger partial charge in [0.15, 0.2) is 5.82 Å². The van der Waals surface area contributed by atoms with Crippen LogP contribution in [0.1, 0.15) is 6.42 Å². The van der Waals surface area contributed by atoms with Crippen LogP contribution < -0.4 is 15.5 Å². The number of halogens is 2. The molecule has 0 spiro atoms. The molecule has 9 heteroatoms. The molecular weight excluding hydrogens is 388 g/mol. The predicted molar refractivity (Wildman–Crippen MR) is 113 cm³/mol. The fourth-order valence-electron chi connectivity index (χ4n) is 4.06. The summed E-state index contributed by atoms with van der Waals surface area (Å²) in [6.45, 7) is 1.68. The molecule has 4 aromatic rings. The topological polar surface area (TPSA) is 70.9 Å². The van der Waals surface area contributed by atoms with Crippen LogP contribution in [-0.4, -0.2) is 45.9 Å². The fourth-order valence-corrected chi connectivity index (χ4v) is 4.06. The molecule has 1 aliphatic heterocycles. The lowest BCUT2D eigenvalue weighted by molar-refractivity contribution is 0.616. The average molecular weight is 409 g/mol. The zero-order valence-electron chi connectivity index (χ0n) is 16.7. The molecule has 1 atom stereocenters. The van der Waals surface area contributed by atoms with Crippen LogP contribution in [0.4, 0.5) is 26.0 Å². The molecule has 3 heterocycles. The Morgan fingerprint density at radius 3 is 2.77 bits per heavy atom. The van der Waals surface area contributed by atoms with Crippen LogP contribution in [0.15, 0.2) is 36.8 Å². The molecule has 0 saturated carbocycles. The van der Waals surface area contributed by atoms with Crippen LogP contribution in [0.3, 0.4) is 0 Å². The highest BCUT2D eigenvalue weighted by atomic mass is 19.1. The number of anilines is 3. The molecule has 1 unspecified atom stereocenters. The number of nitrogens with one attached hydrogen (secondary N) is 2. The van der Waals surface area contributed by atoms with Crippen LogP contribution in [0.5, 0.6) is 0 Å². The molecule has 1 saturated heterocycles. The van der Waals surface area contributed by atoms with E-state index < -0.39 is 11.6 Å². The maximum atomic E-state index is 15.1. The number of hydrogen-bond acceptors (Lipinski definition) is 6. The van der Waals surface area contributed by atoms with Crippen molar-refractivity contribution in [3.63, 3.8) is 0 Å². The second-order valence-corrected chi connectivity index (χ2v) is 7.59. The largest absolute Gasteiger partial charge is 0.370 e. The van der Waals surface area contributed by atoms with E-state index in [1.807, 2.05) is 13.1 Å². The second kappa shape index (κ2) is 7.17. The van der Waals surface area contributed by atoms with E-state index in [9.17, 15) is 4.39 Å². The Morgan fingerprint density at radius 1 is 1.10 bits per heavy atom. The van der Waals surface area contributed by atoms with Crippen molar-refractivity contribution in [2.45, 2.75) is 12.5 Å². The first-order valence-corrected chi connectivity index (χ1v) is 9.78. The van der Waals surface area contributed by atoms with Gasteiger partial charge in [-0.05, 0) is 37.7 Å². The predicted octanol–water partition coefficient (Wildman–Crippen LogP) is 3.34. The maximum absolute atomic E-state index is 15.1. The minimum absolute atomic E-state index is 0.275.